The van der Waals surface area contributed by atoms with E-state index in [4.69, 9.17) is 11.6 Å². The minimum Gasteiger partial charge on any atom is -0.373 e. The van der Waals surface area contributed by atoms with Gasteiger partial charge >= 0.3 is 0 Å². The third-order valence-electron chi connectivity index (χ3n) is 2.91. The van der Waals surface area contributed by atoms with Crippen molar-refractivity contribution in [2.45, 2.75) is 18.9 Å². The van der Waals surface area contributed by atoms with Crippen LogP contribution >= 0.6 is 11.6 Å². The van der Waals surface area contributed by atoms with E-state index < -0.39 is 11.9 Å². The molecule has 102 valence electrons. The number of carbonyl (C=O) groups excluding carboxylic acids is 2. The lowest BCUT2D eigenvalue weighted by molar-refractivity contribution is -0.124. The van der Waals surface area contributed by atoms with Crippen LogP contribution in [0.15, 0.2) is 12.1 Å². The van der Waals surface area contributed by atoms with Gasteiger partial charge in [-0.15, -0.1) is 0 Å². The SMILES string of the molecule is CNc1ccc(Cl)c(C(=O)NC2CCCNC2=O)n1. The van der Waals surface area contributed by atoms with Crippen molar-refractivity contribution in [3.05, 3.63) is 22.8 Å². The van der Waals surface area contributed by atoms with Crippen LogP contribution in [0.1, 0.15) is 23.3 Å². The first-order valence-electron chi connectivity index (χ1n) is 6.04. The van der Waals surface area contributed by atoms with E-state index in [-0.39, 0.29) is 16.6 Å². The number of aromatic nitrogens is 1. The van der Waals surface area contributed by atoms with Gasteiger partial charge in [-0.2, -0.15) is 0 Å². The molecule has 0 aromatic carbocycles. The predicted octanol–water partition coefficient (Wildman–Crippen LogP) is 0.785. The van der Waals surface area contributed by atoms with Crippen LogP contribution in [0.2, 0.25) is 5.02 Å². The molecular weight excluding hydrogens is 268 g/mol. The lowest BCUT2D eigenvalue weighted by Crippen LogP contribution is -2.50. The molecule has 0 saturated carbocycles. The molecule has 2 rings (SSSR count). The molecule has 0 spiro atoms. The molecule has 0 radical (unpaired) electrons. The summed E-state index contributed by atoms with van der Waals surface area (Å²) in [6, 6.07) is 2.75. The van der Waals surface area contributed by atoms with Crippen LogP contribution in [0.5, 0.6) is 0 Å². The van der Waals surface area contributed by atoms with Gasteiger partial charge in [0.15, 0.2) is 0 Å². The molecule has 1 aliphatic rings. The van der Waals surface area contributed by atoms with Gasteiger partial charge in [0.05, 0.1) is 5.02 Å². The van der Waals surface area contributed by atoms with Crippen molar-refractivity contribution in [2.75, 3.05) is 18.9 Å². The summed E-state index contributed by atoms with van der Waals surface area (Å²) in [5, 5.41) is 8.45. The summed E-state index contributed by atoms with van der Waals surface area (Å²) in [5.41, 5.74) is 0.117. The highest BCUT2D eigenvalue weighted by atomic mass is 35.5. The average molecular weight is 283 g/mol. The molecule has 6 nitrogen and oxygen atoms in total. The molecule has 1 aromatic heterocycles. The van der Waals surface area contributed by atoms with E-state index in [2.05, 4.69) is 20.9 Å². The number of hydrogen-bond donors (Lipinski definition) is 3. The molecule has 0 bridgehead atoms. The zero-order valence-corrected chi connectivity index (χ0v) is 11.3. The van der Waals surface area contributed by atoms with Crippen LogP contribution in [-0.4, -0.2) is 36.4 Å². The first-order chi connectivity index (χ1) is 9.11. The Labute approximate surface area is 115 Å². The number of piperidine rings is 1. The number of carbonyl (C=O) groups is 2. The highest BCUT2D eigenvalue weighted by Crippen LogP contribution is 2.17. The fraction of sp³-hybridized carbons (Fsp3) is 0.417. The zero-order chi connectivity index (χ0) is 13.8. The van der Waals surface area contributed by atoms with Gasteiger partial charge in [-0.3, -0.25) is 9.59 Å². The monoisotopic (exact) mass is 282 g/mol. The smallest absolute Gasteiger partial charge is 0.272 e. The fourth-order valence-corrected chi connectivity index (χ4v) is 2.07. The number of amides is 2. The van der Waals surface area contributed by atoms with Gasteiger partial charge in [-0.25, -0.2) is 4.98 Å². The summed E-state index contributed by atoms with van der Waals surface area (Å²) in [7, 11) is 1.70. The van der Waals surface area contributed by atoms with E-state index in [1.165, 1.54) is 0 Å². The van der Waals surface area contributed by atoms with Crippen LogP contribution < -0.4 is 16.0 Å². The number of nitrogens with one attached hydrogen (secondary N) is 3. The number of pyridine rings is 1. The van der Waals surface area contributed by atoms with E-state index in [1.807, 2.05) is 0 Å². The average Bonchev–Trinajstić information content (AvgIpc) is 2.42. The molecule has 19 heavy (non-hydrogen) atoms. The Bertz CT molecular complexity index is 507. The highest BCUT2D eigenvalue weighted by Gasteiger charge is 2.25. The molecule has 0 aliphatic carbocycles. The van der Waals surface area contributed by atoms with Crippen molar-refractivity contribution in [1.29, 1.82) is 0 Å². The maximum absolute atomic E-state index is 12.1. The maximum atomic E-state index is 12.1. The molecule has 1 aromatic rings. The minimum atomic E-state index is -0.516. The van der Waals surface area contributed by atoms with Gasteiger partial charge < -0.3 is 16.0 Å². The van der Waals surface area contributed by atoms with Crippen molar-refractivity contribution < 1.29 is 9.59 Å². The standard InChI is InChI=1S/C12H15ClN4O2/c1-14-9-5-4-7(13)10(17-9)12(19)16-8-3-2-6-15-11(8)18/h4-5,8H,2-3,6H2,1H3,(H,14,17)(H,15,18)(H,16,19). The van der Waals surface area contributed by atoms with Gasteiger partial charge in [-0.1, -0.05) is 11.6 Å². The van der Waals surface area contributed by atoms with Crippen LogP contribution in [0, 0.1) is 0 Å². The second kappa shape index (κ2) is 5.88. The summed E-state index contributed by atoms with van der Waals surface area (Å²) in [6.07, 6.45) is 1.47. The summed E-state index contributed by atoms with van der Waals surface area (Å²) >= 11 is 5.95. The first kappa shape index (κ1) is 13.6. The molecule has 1 aliphatic heterocycles. The van der Waals surface area contributed by atoms with E-state index >= 15 is 0 Å². The van der Waals surface area contributed by atoms with Crippen LogP contribution in [0.25, 0.3) is 0 Å². The molecule has 2 amide bonds. The Hall–Kier alpha value is -1.82. The summed E-state index contributed by atoms with van der Waals surface area (Å²) in [4.78, 5) is 27.8. The molecule has 1 fully saturated rings. The molecule has 1 saturated heterocycles. The van der Waals surface area contributed by atoms with Gasteiger partial charge in [0.25, 0.3) is 5.91 Å². The largest absolute Gasteiger partial charge is 0.373 e. The number of anilines is 1. The van der Waals surface area contributed by atoms with Crippen LogP contribution in [0.3, 0.4) is 0 Å². The first-order valence-corrected chi connectivity index (χ1v) is 6.42. The minimum absolute atomic E-state index is 0.117. The summed E-state index contributed by atoms with van der Waals surface area (Å²) < 4.78 is 0. The Morgan fingerprint density at radius 1 is 1.53 bits per heavy atom. The zero-order valence-electron chi connectivity index (χ0n) is 10.5. The van der Waals surface area contributed by atoms with E-state index in [9.17, 15) is 9.59 Å². The lowest BCUT2D eigenvalue weighted by Gasteiger charge is -2.22. The lowest BCUT2D eigenvalue weighted by atomic mass is 10.1. The van der Waals surface area contributed by atoms with E-state index in [0.717, 1.165) is 6.42 Å². The maximum Gasteiger partial charge on any atom is 0.272 e. The Morgan fingerprint density at radius 2 is 2.32 bits per heavy atom. The van der Waals surface area contributed by atoms with E-state index in [0.29, 0.717) is 18.8 Å². The Kier molecular flexibility index (Phi) is 4.21. The van der Waals surface area contributed by atoms with Gasteiger partial charge in [0, 0.05) is 13.6 Å². The number of rotatable bonds is 3. The third-order valence-corrected chi connectivity index (χ3v) is 3.21. The normalized spacial score (nSPS) is 18.6. The number of hydrogen-bond acceptors (Lipinski definition) is 4. The fourth-order valence-electron chi connectivity index (χ4n) is 1.88. The molecule has 3 N–H and O–H groups in total. The van der Waals surface area contributed by atoms with Crippen molar-refractivity contribution in [1.82, 2.24) is 15.6 Å². The topological polar surface area (TPSA) is 83.1 Å². The molecular formula is C12H15ClN4O2. The van der Waals surface area contributed by atoms with Crippen LogP contribution in [-0.2, 0) is 4.79 Å². The second-order valence-electron chi connectivity index (χ2n) is 4.24. The van der Waals surface area contributed by atoms with E-state index in [1.54, 1.807) is 19.2 Å². The van der Waals surface area contributed by atoms with Crippen molar-refractivity contribution in [2.24, 2.45) is 0 Å². The molecule has 1 unspecified atom stereocenters. The van der Waals surface area contributed by atoms with Crippen molar-refractivity contribution in [3.63, 3.8) is 0 Å². The van der Waals surface area contributed by atoms with Crippen molar-refractivity contribution in [3.8, 4) is 0 Å². The Balaban J connectivity index is 2.13. The van der Waals surface area contributed by atoms with Gasteiger partial charge in [0.2, 0.25) is 5.91 Å². The number of halogens is 1. The molecule has 2 heterocycles. The Morgan fingerprint density at radius 3 is 3.00 bits per heavy atom. The summed E-state index contributed by atoms with van der Waals surface area (Å²) in [6.45, 7) is 0.652. The summed E-state index contributed by atoms with van der Waals surface area (Å²) in [5.74, 6) is -0.0627. The van der Waals surface area contributed by atoms with Crippen LogP contribution in [0.4, 0.5) is 5.82 Å². The second-order valence-corrected chi connectivity index (χ2v) is 4.64. The predicted molar refractivity (Wildman–Crippen MR) is 72.3 cm³/mol. The highest BCUT2D eigenvalue weighted by molar-refractivity contribution is 6.33. The molecule has 7 heteroatoms. The number of nitrogens with zero attached hydrogens (tertiary/aromatic N) is 1. The van der Waals surface area contributed by atoms with Gasteiger partial charge in [-0.05, 0) is 25.0 Å². The quantitative estimate of drug-likeness (QED) is 0.765. The van der Waals surface area contributed by atoms with Crippen molar-refractivity contribution >= 4 is 29.2 Å². The van der Waals surface area contributed by atoms with Gasteiger partial charge in [0.1, 0.15) is 17.6 Å². The molecule has 1 atom stereocenters. The third kappa shape index (κ3) is 3.14.